The third-order valence-corrected chi connectivity index (χ3v) is 3.84. The number of hydrogen-bond acceptors (Lipinski definition) is 6. The Kier molecular flexibility index (Phi) is 7.80. The fourth-order valence-electron chi connectivity index (χ4n) is 2.37. The van der Waals surface area contributed by atoms with Crippen LogP contribution in [0.5, 0.6) is 11.5 Å². The average molecular weight is 394 g/mol. The molecule has 0 bridgehead atoms. The van der Waals surface area contributed by atoms with Crippen LogP contribution < -0.4 is 14.8 Å². The molecule has 0 aliphatic carbocycles. The molecule has 2 rings (SSSR count). The van der Waals surface area contributed by atoms with E-state index in [9.17, 15) is 9.59 Å². The molecule has 0 saturated carbocycles. The zero-order chi connectivity index (χ0) is 21.2. The minimum absolute atomic E-state index is 0.473. The molecular weight excluding hydrogens is 372 g/mol. The molecule has 2 aromatic carbocycles. The van der Waals surface area contributed by atoms with Gasteiger partial charge in [0.2, 0.25) is 0 Å². The van der Waals surface area contributed by atoms with E-state index in [4.69, 9.17) is 19.5 Å². The van der Waals surface area contributed by atoms with Gasteiger partial charge in [-0.25, -0.2) is 4.79 Å². The van der Waals surface area contributed by atoms with Gasteiger partial charge < -0.3 is 19.5 Å². The second kappa shape index (κ2) is 10.5. The van der Waals surface area contributed by atoms with Crippen LogP contribution in [0.1, 0.15) is 25.0 Å². The monoisotopic (exact) mass is 394 g/mol. The summed E-state index contributed by atoms with van der Waals surface area (Å²) in [4.78, 5) is 24.2. The van der Waals surface area contributed by atoms with E-state index in [2.05, 4.69) is 5.32 Å². The van der Waals surface area contributed by atoms with Crippen LogP contribution in [0.25, 0.3) is 6.08 Å². The van der Waals surface area contributed by atoms with Crippen molar-refractivity contribution in [2.45, 2.75) is 20.0 Å². The molecule has 0 aliphatic rings. The highest BCUT2D eigenvalue weighted by atomic mass is 16.5. The molecule has 0 fully saturated rings. The highest BCUT2D eigenvalue weighted by Crippen LogP contribution is 2.28. The Hall–Kier alpha value is -3.79. The van der Waals surface area contributed by atoms with E-state index in [0.29, 0.717) is 29.4 Å². The minimum Gasteiger partial charge on any atom is -0.493 e. The Morgan fingerprint density at radius 3 is 2.52 bits per heavy atom. The van der Waals surface area contributed by atoms with Gasteiger partial charge in [0.15, 0.2) is 17.6 Å². The number of nitrogens with one attached hydrogen (secondary N) is 1. The van der Waals surface area contributed by atoms with E-state index in [1.807, 2.05) is 13.0 Å². The topological polar surface area (TPSA) is 97.6 Å². The van der Waals surface area contributed by atoms with Crippen molar-refractivity contribution in [1.82, 2.24) is 0 Å². The van der Waals surface area contributed by atoms with Crippen LogP contribution >= 0.6 is 0 Å². The fourth-order valence-corrected chi connectivity index (χ4v) is 2.37. The van der Waals surface area contributed by atoms with Gasteiger partial charge in [-0.15, -0.1) is 0 Å². The van der Waals surface area contributed by atoms with Crippen molar-refractivity contribution in [3.05, 3.63) is 59.7 Å². The van der Waals surface area contributed by atoms with Gasteiger partial charge in [-0.1, -0.05) is 6.07 Å². The van der Waals surface area contributed by atoms with Crippen LogP contribution in [0.2, 0.25) is 0 Å². The second-order valence-electron chi connectivity index (χ2n) is 5.93. The molecule has 150 valence electrons. The quantitative estimate of drug-likeness (QED) is 0.543. The normalized spacial score (nSPS) is 11.4. The first-order chi connectivity index (χ1) is 14.0. The fraction of sp³-hybridized carbons (Fsp3) is 0.227. The number of hydrogen-bond donors (Lipinski definition) is 1. The van der Waals surface area contributed by atoms with Crippen LogP contribution in [0, 0.1) is 11.3 Å². The second-order valence-corrected chi connectivity index (χ2v) is 5.93. The van der Waals surface area contributed by atoms with E-state index < -0.39 is 18.0 Å². The van der Waals surface area contributed by atoms with E-state index >= 15 is 0 Å². The zero-order valence-corrected chi connectivity index (χ0v) is 16.5. The van der Waals surface area contributed by atoms with Gasteiger partial charge in [-0.2, -0.15) is 5.26 Å². The van der Waals surface area contributed by atoms with E-state index in [0.717, 1.165) is 5.56 Å². The van der Waals surface area contributed by atoms with Gasteiger partial charge in [-0.3, -0.25) is 4.79 Å². The van der Waals surface area contributed by atoms with Gasteiger partial charge in [0, 0.05) is 11.8 Å². The summed E-state index contributed by atoms with van der Waals surface area (Å²) >= 11 is 0. The van der Waals surface area contributed by atoms with Crippen molar-refractivity contribution >= 4 is 23.6 Å². The molecule has 7 heteroatoms. The first kappa shape index (κ1) is 21.5. The lowest BCUT2D eigenvalue weighted by Crippen LogP contribution is -2.29. The Labute approximate surface area is 169 Å². The van der Waals surface area contributed by atoms with E-state index in [1.54, 1.807) is 55.7 Å². The number of esters is 1. The standard InChI is InChI=1S/C22H22N2O5/c1-4-28-20-13-16(7-11-19(20)27-3)8-12-21(25)29-15(2)22(26)24-18-9-5-17(14-23)6-10-18/h5-13,15H,4H2,1-3H3,(H,24,26)/b12-8+/t15-/m0/s1. The predicted octanol–water partition coefficient (Wildman–Crippen LogP) is 3.55. The molecule has 2 aromatic rings. The maximum Gasteiger partial charge on any atom is 0.331 e. The lowest BCUT2D eigenvalue weighted by Gasteiger charge is -2.12. The maximum atomic E-state index is 12.2. The number of carbonyl (C=O) groups excluding carboxylic acids is 2. The van der Waals surface area contributed by atoms with Crippen LogP contribution in [0.15, 0.2) is 48.5 Å². The summed E-state index contributed by atoms with van der Waals surface area (Å²) < 4.78 is 15.8. The van der Waals surface area contributed by atoms with Crippen molar-refractivity contribution in [1.29, 1.82) is 5.26 Å². The maximum absolute atomic E-state index is 12.2. The summed E-state index contributed by atoms with van der Waals surface area (Å²) in [6, 6.07) is 13.6. The Morgan fingerprint density at radius 2 is 1.90 bits per heavy atom. The molecule has 1 N–H and O–H groups in total. The van der Waals surface area contributed by atoms with Crippen LogP contribution in [0.3, 0.4) is 0 Å². The van der Waals surface area contributed by atoms with Crippen molar-refractivity contribution in [3.63, 3.8) is 0 Å². The molecule has 29 heavy (non-hydrogen) atoms. The molecule has 0 saturated heterocycles. The molecule has 0 aliphatic heterocycles. The van der Waals surface area contributed by atoms with Crippen molar-refractivity contribution in [2.24, 2.45) is 0 Å². The number of methoxy groups -OCH3 is 1. The van der Waals surface area contributed by atoms with E-state index in [-0.39, 0.29) is 0 Å². The van der Waals surface area contributed by atoms with Crippen molar-refractivity contribution in [3.8, 4) is 17.6 Å². The molecule has 7 nitrogen and oxygen atoms in total. The van der Waals surface area contributed by atoms with Gasteiger partial charge in [-0.05, 0) is 61.9 Å². The van der Waals surface area contributed by atoms with Crippen LogP contribution in [-0.4, -0.2) is 31.7 Å². The first-order valence-corrected chi connectivity index (χ1v) is 8.97. The number of nitriles is 1. The molecule has 0 spiro atoms. The van der Waals surface area contributed by atoms with Gasteiger partial charge >= 0.3 is 5.97 Å². The van der Waals surface area contributed by atoms with Crippen molar-refractivity contribution < 1.29 is 23.8 Å². The van der Waals surface area contributed by atoms with Crippen LogP contribution in [0.4, 0.5) is 5.69 Å². The Bertz CT molecular complexity index is 929. The molecule has 0 heterocycles. The Balaban J connectivity index is 1.94. The summed E-state index contributed by atoms with van der Waals surface area (Å²) in [5.41, 5.74) is 1.72. The lowest BCUT2D eigenvalue weighted by atomic mass is 10.2. The molecular formula is C22H22N2O5. The summed E-state index contributed by atoms with van der Waals surface area (Å²) in [5.74, 6) is 0.0427. The SMILES string of the molecule is CCOc1cc(/C=C/C(=O)O[C@@H](C)C(=O)Nc2ccc(C#N)cc2)ccc1OC. The van der Waals surface area contributed by atoms with E-state index in [1.165, 1.54) is 13.0 Å². The van der Waals surface area contributed by atoms with Crippen molar-refractivity contribution in [2.75, 3.05) is 19.0 Å². The number of amides is 1. The minimum atomic E-state index is -0.988. The lowest BCUT2D eigenvalue weighted by molar-refractivity contribution is -0.148. The molecule has 1 amide bonds. The van der Waals surface area contributed by atoms with Crippen LogP contribution in [-0.2, 0) is 14.3 Å². The van der Waals surface area contributed by atoms with Gasteiger partial charge in [0.1, 0.15) is 0 Å². The summed E-state index contributed by atoms with van der Waals surface area (Å²) in [7, 11) is 1.55. The third-order valence-electron chi connectivity index (χ3n) is 3.84. The number of benzene rings is 2. The molecule has 1 atom stereocenters. The number of carbonyl (C=O) groups is 2. The summed E-state index contributed by atoms with van der Waals surface area (Å²) in [6.07, 6.45) is 1.82. The average Bonchev–Trinajstić information content (AvgIpc) is 2.73. The van der Waals surface area contributed by atoms with Gasteiger partial charge in [0.25, 0.3) is 5.91 Å². The molecule has 0 unspecified atom stereocenters. The molecule has 0 aromatic heterocycles. The number of ether oxygens (including phenoxy) is 3. The number of anilines is 1. The summed E-state index contributed by atoms with van der Waals surface area (Å²) in [5, 5.41) is 11.4. The smallest absolute Gasteiger partial charge is 0.331 e. The largest absolute Gasteiger partial charge is 0.493 e. The third kappa shape index (κ3) is 6.40. The first-order valence-electron chi connectivity index (χ1n) is 8.97. The number of nitrogens with zero attached hydrogens (tertiary/aromatic N) is 1. The highest BCUT2D eigenvalue weighted by Gasteiger charge is 2.16. The molecule has 0 radical (unpaired) electrons. The Morgan fingerprint density at radius 1 is 1.17 bits per heavy atom. The summed E-state index contributed by atoms with van der Waals surface area (Å²) in [6.45, 7) is 3.83. The zero-order valence-electron chi connectivity index (χ0n) is 16.5. The van der Waals surface area contributed by atoms with Gasteiger partial charge in [0.05, 0.1) is 25.3 Å². The highest BCUT2D eigenvalue weighted by molar-refractivity contribution is 5.96. The predicted molar refractivity (Wildman–Crippen MR) is 109 cm³/mol. The number of rotatable bonds is 8.